The Morgan fingerprint density at radius 3 is 1.21 bits per heavy atom. The van der Waals surface area contributed by atoms with E-state index in [9.17, 15) is 4.79 Å². The van der Waals surface area contributed by atoms with Gasteiger partial charge in [-0.15, -0.1) is 0 Å². The number of rotatable bonds is 25. The van der Waals surface area contributed by atoms with E-state index in [0.29, 0.717) is 13.0 Å². The van der Waals surface area contributed by atoms with Gasteiger partial charge in [0.05, 0.1) is 0 Å². The van der Waals surface area contributed by atoms with Crippen LogP contribution in [0.25, 0.3) is 0 Å². The summed E-state index contributed by atoms with van der Waals surface area (Å²) >= 11 is 0. The lowest BCUT2D eigenvalue weighted by atomic mass is 10.1. The predicted octanol–water partition coefficient (Wildman–Crippen LogP) is 10.0. The molecule has 0 rings (SSSR count). The summed E-state index contributed by atoms with van der Waals surface area (Å²) in [7, 11) is 0. The molecule has 0 aliphatic heterocycles. The Morgan fingerprint density at radius 2 is 0.848 bits per heavy atom. The molecule has 0 saturated heterocycles. The maximum absolute atomic E-state index is 10.2. The van der Waals surface area contributed by atoms with Gasteiger partial charge in [-0.3, -0.25) is 4.79 Å². The number of hydrogen-bond acceptors (Lipinski definition) is 2. The fraction of sp³-hybridized carbons (Fsp3) is 0.900. The second kappa shape index (κ2) is 33.3. The lowest BCUT2D eigenvalue weighted by Crippen LogP contribution is -1.93. The molecule has 0 aliphatic carbocycles. The van der Waals surface area contributed by atoms with Crippen molar-refractivity contribution in [2.45, 2.75) is 168 Å². The first-order chi connectivity index (χ1) is 16.2. The van der Waals surface area contributed by atoms with Gasteiger partial charge in [-0.05, 0) is 38.5 Å². The smallest absolute Gasteiger partial charge is 0.303 e. The van der Waals surface area contributed by atoms with Crippen LogP contribution in [0.5, 0.6) is 0 Å². The van der Waals surface area contributed by atoms with Crippen molar-refractivity contribution in [2.24, 2.45) is 0 Å². The van der Waals surface area contributed by atoms with Crippen LogP contribution in [0, 0.1) is 0 Å². The minimum absolute atomic E-state index is 0.343. The molecule has 0 aromatic carbocycles. The summed E-state index contributed by atoms with van der Waals surface area (Å²) in [5, 5.41) is 17.1. The predicted molar refractivity (Wildman–Crippen MR) is 146 cm³/mol. The van der Waals surface area contributed by atoms with Crippen molar-refractivity contribution in [3.8, 4) is 0 Å². The molecule has 0 aromatic heterocycles. The Bertz CT molecular complexity index is 379. The van der Waals surface area contributed by atoms with E-state index in [-0.39, 0.29) is 0 Å². The van der Waals surface area contributed by atoms with Crippen molar-refractivity contribution >= 4 is 5.97 Å². The molecular formula is C30H60O3. The Hall–Kier alpha value is -0.830. The van der Waals surface area contributed by atoms with Crippen molar-refractivity contribution in [3.63, 3.8) is 0 Å². The zero-order valence-corrected chi connectivity index (χ0v) is 22.6. The number of allylic oxidation sites excluding steroid dienone is 2. The molecule has 0 unspecified atom stereocenters. The minimum atomic E-state index is -0.659. The molecular weight excluding hydrogens is 408 g/mol. The summed E-state index contributed by atoms with van der Waals surface area (Å²) in [6, 6.07) is 0. The van der Waals surface area contributed by atoms with Gasteiger partial charge < -0.3 is 10.2 Å². The van der Waals surface area contributed by atoms with Crippen LogP contribution in [-0.4, -0.2) is 22.8 Å². The SMILES string of the molecule is CCCCCCCC/C=C\CCCCCCCCO.CCCCCCCCCCCC(=O)O. The van der Waals surface area contributed by atoms with Crippen LogP contribution in [0.4, 0.5) is 0 Å². The van der Waals surface area contributed by atoms with E-state index in [1.807, 2.05) is 0 Å². The van der Waals surface area contributed by atoms with Crippen molar-refractivity contribution in [2.75, 3.05) is 6.61 Å². The first-order valence-corrected chi connectivity index (χ1v) is 14.7. The van der Waals surface area contributed by atoms with Crippen LogP contribution in [0.1, 0.15) is 168 Å². The van der Waals surface area contributed by atoms with Gasteiger partial charge in [0.2, 0.25) is 0 Å². The largest absolute Gasteiger partial charge is 0.481 e. The van der Waals surface area contributed by atoms with Gasteiger partial charge in [-0.1, -0.05) is 135 Å². The summed E-state index contributed by atoms with van der Waals surface area (Å²) in [6.45, 7) is 4.86. The molecule has 0 amide bonds. The van der Waals surface area contributed by atoms with E-state index in [4.69, 9.17) is 10.2 Å². The van der Waals surface area contributed by atoms with Crippen molar-refractivity contribution in [1.82, 2.24) is 0 Å². The molecule has 0 spiro atoms. The molecule has 2 N–H and O–H groups in total. The van der Waals surface area contributed by atoms with Crippen molar-refractivity contribution < 1.29 is 15.0 Å². The van der Waals surface area contributed by atoms with Crippen LogP contribution in [0.3, 0.4) is 0 Å². The highest BCUT2D eigenvalue weighted by atomic mass is 16.4. The first kappa shape index (κ1) is 34.3. The average Bonchev–Trinajstić information content (AvgIpc) is 2.81. The molecule has 0 saturated carbocycles. The summed E-state index contributed by atoms with van der Waals surface area (Å²) in [4.78, 5) is 10.2. The summed E-state index contributed by atoms with van der Waals surface area (Å²) < 4.78 is 0. The fourth-order valence-corrected chi connectivity index (χ4v) is 3.95. The van der Waals surface area contributed by atoms with Gasteiger partial charge in [0.1, 0.15) is 0 Å². The first-order valence-electron chi connectivity index (χ1n) is 14.7. The second-order valence-corrected chi connectivity index (χ2v) is 9.63. The Balaban J connectivity index is 0. The van der Waals surface area contributed by atoms with Gasteiger partial charge >= 0.3 is 5.97 Å². The third-order valence-electron chi connectivity index (χ3n) is 6.16. The van der Waals surface area contributed by atoms with Crippen LogP contribution < -0.4 is 0 Å². The number of carbonyl (C=O) groups is 1. The quantitative estimate of drug-likeness (QED) is 0.103. The summed E-state index contributed by atoms with van der Waals surface area (Å²) in [5.41, 5.74) is 0. The molecule has 0 heterocycles. The highest BCUT2D eigenvalue weighted by Gasteiger charge is 1.96. The third kappa shape index (κ3) is 38.7. The molecule has 0 atom stereocenters. The number of hydrogen-bond donors (Lipinski definition) is 2. The maximum atomic E-state index is 10.2. The number of aliphatic carboxylic acids is 1. The minimum Gasteiger partial charge on any atom is -0.481 e. The topological polar surface area (TPSA) is 57.5 Å². The number of carboxylic acid groups (broad SMARTS) is 1. The van der Waals surface area contributed by atoms with Crippen LogP contribution in [-0.2, 0) is 4.79 Å². The number of aliphatic hydroxyl groups excluding tert-OH is 1. The zero-order chi connectivity index (χ0) is 24.7. The Kier molecular flexibility index (Phi) is 34.7. The molecule has 3 heteroatoms. The van der Waals surface area contributed by atoms with E-state index in [2.05, 4.69) is 26.0 Å². The molecule has 33 heavy (non-hydrogen) atoms. The summed E-state index contributed by atoms with van der Waals surface area (Å²) in [6.07, 6.45) is 34.7. The highest BCUT2D eigenvalue weighted by Crippen LogP contribution is 2.11. The third-order valence-corrected chi connectivity index (χ3v) is 6.16. The van der Waals surface area contributed by atoms with Gasteiger partial charge in [0.25, 0.3) is 0 Å². The molecule has 3 nitrogen and oxygen atoms in total. The lowest BCUT2D eigenvalue weighted by Gasteiger charge is -2.00. The molecule has 0 radical (unpaired) electrons. The van der Waals surface area contributed by atoms with Crippen molar-refractivity contribution in [1.29, 1.82) is 0 Å². The van der Waals surface area contributed by atoms with E-state index in [1.165, 1.54) is 128 Å². The van der Waals surface area contributed by atoms with E-state index < -0.39 is 5.97 Å². The second-order valence-electron chi connectivity index (χ2n) is 9.63. The fourth-order valence-electron chi connectivity index (χ4n) is 3.95. The summed E-state index contributed by atoms with van der Waals surface area (Å²) in [5.74, 6) is -0.659. The molecule has 0 fully saturated rings. The standard InChI is InChI=1S/C18H36O.C12H24O2/c1-2-3-4-5-6-7-8-9-10-11-12-13-14-15-16-17-18-19;1-2-3-4-5-6-7-8-9-10-11-12(13)14/h9-10,19H,2-8,11-18H2,1H3;2-11H2,1H3,(H,13,14)/b10-9-;. The maximum Gasteiger partial charge on any atom is 0.303 e. The average molecular weight is 469 g/mol. The van der Waals surface area contributed by atoms with Crippen LogP contribution >= 0.6 is 0 Å². The van der Waals surface area contributed by atoms with Gasteiger partial charge in [0.15, 0.2) is 0 Å². The molecule has 0 bridgehead atoms. The molecule has 0 aliphatic rings. The molecule has 198 valence electrons. The molecule has 0 aromatic rings. The van der Waals surface area contributed by atoms with Crippen molar-refractivity contribution in [3.05, 3.63) is 12.2 Å². The highest BCUT2D eigenvalue weighted by molar-refractivity contribution is 5.66. The Labute approximate surface area is 207 Å². The Morgan fingerprint density at radius 1 is 0.515 bits per heavy atom. The number of carboxylic acids is 1. The van der Waals surface area contributed by atoms with E-state index in [1.54, 1.807) is 0 Å². The van der Waals surface area contributed by atoms with Gasteiger partial charge in [0, 0.05) is 13.0 Å². The normalized spacial score (nSPS) is 11.0. The monoisotopic (exact) mass is 468 g/mol. The van der Waals surface area contributed by atoms with Gasteiger partial charge in [-0.25, -0.2) is 0 Å². The van der Waals surface area contributed by atoms with Crippen LogP contribution in [0.2, 0.25) is 0 Å². The van der Waals surface area contributed by atoms with E-state index in [0.717, 1.165) is 19.3 Å². The van der Waals surface area contributed by atoms with Gasteiger partial charge in [-0.2, -0.15) is 0 Å². The van der Waals surface area contributed by atoms with E-state index >= 15 is 0 Å². The number of aliphatic hydroxyl groups is 1. The number of unbranched alkanes of at least 4 members (excludes halogenated alkanes) is 20. The lowest BCUT2D eigenvalue weighted by molar-refractivity contribution is -0.137. The van der Waals surface area contributed by atoms with Crippen LogP contribution in [0.15, 0.2) is 12.2 Å². The zero-order valence-electron chi connectivity index (χ0n) is 22.6.